The summed E-state index contributed by atoms with van der Waals surface area (Å²) >= 11 is 5.69. The van der Waals surface area contributed by atoms with Crippen LogP contribution in [0.1, 0.15) is 5.56 Å². The van der Waals surface area contributed by atoms with E-state index >= 15 is 0 Å². The zero-order valence-electron chi connectivity index (χ0n) is 9.21. The number of carboxylic acids is 1. The molecule has 5 nitrogen and oxygen atoms in total. The molecule has 0 atom stereocenters. The molecule has 1 aromatic carbocycles. The van der Waals surface area contributed by atoms with Crippen LogP contribution >= 0.6 is 11.6 Å². The van der Waals surface area contributed by atoms with Crippen LogP contribution < -0.4 is 4.74 Å². The van der Waals surface area contributed by atoms with Crippen LogP contribution in [0.2, 0.25) is 5.15 Å². The van der Waals surface area contributed by atoms with Crippen molar-refractivity contribution in [2.45, 2.75) is 6.42 Å². The van der Waals surface area contributed by atoms with Crippen LogP contribution in [-0.4, -0.2) is 21.0 Å². The smallest absolute Gasteiger partial charge is 0.307 e. The van der Waals surface area contributed by atoms with Gasteiger partial charge in [0.2, 0.25) is 5.88 Å². The van der Waals surface area contributed by atoms with Crippen molar-refractivity contribution in [1.82, 2.24) is 9.97 Å². The molecule has 0 saturated heterocycles. The van der Waals surface area contributed by atoms with Crippen molar-refractivity contribution >= 4 is 17.6 Å². The SMILES string of the molecule is O=C(O)Cc1ccccc1Oc1cncc(Cl)n1. The summed E-state index contributed by atoms with van der Waals surface area (Å²) in [5.41, 5.74) is 0.562. The van der Waals surface area contributed by atoms with E-state index in [1.165, 1.54) is 12.4 Å². The Morgan fingerprint density at radius 1 is 1.33 bits per heavy atom. The molecule has 1 heterocycles. The van der Waals surface area contributed by atoms with Gasteiger partial charge < -0.3 is 9.84 Å². The highest BCUT2D eigenvalue weighted by Crippen LogP contribution is 2.24. The van der Waals surface area contributed by atoms with E-state index in [1.807, 2.05) is 0 Å². The summed E-state index contributed by atoms with van der Waals surface area (Å²) in [5, 5.41) is 9.01. The van der Waals surface area contributed by atoms with Crippen LogP contribution in [0.15, 0.2) is 36.7 Å². The number of aromatic nitrogens is 2. The van der Waals surface area contributed by atoms with Crippen molar-refractivity contribution in [2.75, 3.05) is 0 Å². The maximum absolute atomic E-state index is 10.7. The summed E-state index contributed by atoms with van der Waals surface area (Å²) in [6.45, 7) is 0. The lowest BCUT2D eigenvalue weighted by Crippen LogP contribution is -2.02. The molecule has 1 aromatic heterocycles. The first kappa shape index (κ1) is 12.3. The van der Waals surface area contributed by atoms with Gasteiger partial charge in [-0.15, -0.1) is 0 Å². The Labute approximate surface area is 108 Å². The molecule has 0 aliphatic rings. The lowest BCUT2D eigenvalue weighted by Gasteiger charge is -2.08. The molecule has 6 heteroatoms. The molecule has 0 amide bonds. The molecule has 0 unspecified atom stereocenters. The van der Waals surface area contributed by atoms with E-state index < -0.39 is 5.97 Å². The van der Waals surface area contributed by atoms with E-state index in [1.54, 1.807) is 24.3 Å². The van der Waals surface area contributed by atoms with Gasteiger partial charge in [-0.25, -0.2) is 0 Å². The fraction of sp³-hybridized carbons (Fsp3) is 0.0833. The maximum atomic E-state index is 10.7. The normalized spacial score (nSPS) is 10.1. The molecule has 1 N–H and O–H groups in total. The number of para-hydroxylation sites is 1. The van der Waals surface area contributed by atoms with Crippen LogP contribution in [-0.2, 0) is 11.2 Å². The van der Waals surface area contributed by atoms with Gasteiger partial charge in [-0.2, -0.15) is 4.98 Å². The standard InChI is InChI=1S/C12H9ClN2O3/c13-10-6-14-7-11(15-10)18-9-4-2-1-3-8(9)5-12(16)17/h1-4,6-7H,5H2,(H,16,17). The Kier molecular flexibility index (Phi) is 3.74. The first-order chi connectivity index (χ1) is 8.65. The van der Waals surface area contributed by atoms with Gasteiger partial charge in [0.15, 0.2) is 5.15 Å². The summed E-state index contributed by atoms with van der Waals surface area (Å²) in [7, 11) is 0. The first-order valence-electron chi connectivity index (χ1n) is 5.10. The zero-order chi connectivity index (χ0) is 13.0. The number of hydrogen-bond donors (Lipinski definition) is 1. The number of hydrogen-bond acceptors (Lipinski definition) is 4. The Morgan fingerprint density at radius 2 is 2.11 bits per heavy atom. The minimum atomic E-state index is -0.928. The highest BCUT2D eigenvalue weighted by Gasteiger charge is 2.09. The highest BCUT2D eigenvalue weighted by atomic mass is 35.5. The molecular weight excluding hydrogens is 256 g/mol. The molecular formula is C12H9ClN2O3. The number of nitrogens with zero attached hydrogens (tertiary/aromatic N) is 2. The van der Waals surface area contributed by atoms with Gasteiger partial charge in [0, 0.05) is 5.56 Å². The van der Waals surface area contributed by atoms with Gasteiger partial charge in [0.25, 0.3) is 0 Å². The molecule has 0 fully saturated rings. The lowest BCUT2D eigenvalue weighted by atomic mass is 10.1. The Balaban J connectivity index is 2.26. The van der Waals surface area contributed by atoms with Crippen molar-refractivity contribution in [2.24, 2.45) is 0 Å². The lowest BCUT2D eigenvalue weighted by molar-refractivity contribution is -0.136. The molecule has 0 aliphatic carbocycles. The average molecular weight is 265 g/mol. The van der Waals surface area contributed by atoms with Crippen molar-refractivity contribution in [3.63, 3.8) is 0 Å². The Bertz CT molecular complexity index is 575. The van der Waals surface area contributed by atoms with E-state index in [9.17, 15) is 4.79 Å². The largest absolute Gasteiger partial charge is 0.481 e. The molecule has 0 spiro atoms. The number of carboxylic acid groups (broad SMARTS) is 1. The summed E-state index contributed by atoms with van der Waals surface area (Å²) in [6, 6.07) is 6.84. The summed E-state index contributed by atoms with van der Waals surface area (Å²) in [6.07, 6.45) is 2.67. The topological polar surface area (TPSA) is 72.3 Å². The van der Waals surface area contributed by atoms with Crippen molar-refractivity contribution in [3.8, 4) is 11.6 Å². The van der Waals surface area contributed by atoms with Crippen LogP contribution in [0, 0.1) is 0 Å². The van der Waals surface area contributed by atoms with Crippen molar-refractivity contribution in [3.05, 3.63) is 47.4 Å². The van der Waals surface area contributed by atoms with E-state index in [0.29, 0.717) is 11.3 Å². The number of halogens is 1. The van der Waals surface area contributed by atoms with E-state index in [-0.39, 0.29) is 17.5 Å². The molecule has 18 heavy (non-hydrogen) atoms. The molecule has 0 radical (unpaired) electrons. The zero-order valence-corrected chi connectivity index (χ0v) is 9.96. The third kappa shape index (κ3) is 3.18. The van der Waals surface area contributed by atoms with Gasteiger partial charge in [0.05, 0.1) is 18.8 Å². The minimum Gasteiger partial charge on any atom is -0.481 e. The highest BCUT2D eigenvalue weighted by molar-refractivity contribution is 6.29. The van der Waals surface area contributed by atoms with Gasteiger partial charge >= 0.3 is 5.97 Å². The molecule has 2 aromatic rings. The van der Waals surface area contributed by atoms with Crippen LogP contribution in [0.3, 0.4) is 0 Å². The second kappa shape index (κ2) is 5.46. The Morgan fingerprint density at radius 3 is 2.83 bits per heavy atom. The predicted octanol–water partition coefficient (Wildman–Crippen LogP) is 2.55. The number of aliphatic carboxylic acids is 1. The number of rotatable bonds is 4. The third-order valence-corrected chi connectivity index (χ3v) is 2.29. The first-order valence-corrected chi connectivity index (χ1v) is 5.48. The predicted molar refractivity (Wildman–Crippen MR) is 64.9 cm³/mol. The number of ether oxygens (including phenoxy) is 1. The number of benzene rings is 1. The molecule has 0 saturated carbocycles. The molecule has 2 rings (SSSR count). The van der Waals surface area contributed by atoms with Gasteiger partial charge in [-0.3, -0.25) is 9.78 Å². The number of carbonyl (C=O) groups is 1. The molecule has 92 valence electrons. The summed E-state index contributed by atoms with van der Waals surface area (Å²) in [4.78, 5) is 18.5. The third-order valence-electron chi connectivity index (χ3n) is 2.11. The van der Waals surface area contributed by atoms with Crippen LogP contribution in [0.4, 0.5) is 0 Å². The fourth-order valence-corrected chi connectivity index (χ4v) is 1.54. The van der Waals surface area contributed by atoms with E-state index in [2.05, 4.69) is 9.97 Å². The van der Waals surface area contributed by atoms with Gasteiger partial charge in [-0.05, 0) is 6.07 Å². The Hall–Kier alpha value is -2.14. The summed E-state index contributed by atoms with van der Waals surface area (Å²) in [5.74, 6) is -0.278. The molecule has 0 aliphatic heterocycles. The fourth-order valence-electron chi connectivity index (χ4n) is 1.40. The van der Waals surface area contributed by atoms with E-state index in [0.717, 1.165) is 0 Å². The van der Waals surface area contributed by atoms with Crippen molar-refractivity contribution < 1.29 is 14.6 Å². The van der Waals surface area contributed by atoms with Gasteiger partial charge in [-0.1, -0.05) is 29.8 Å². The van der Waals surface area contributed by atoms with Gasteiger partial charge in [0.1, 0.15) is 5.75 Å². The minimum absolute atomic E-state index is 0.121. The second-order valence-corrected chi connectivity index (χ2v) is 3.85. The van der Waals surface area contributed by atoms with Crippen LogP contribution in [0.5, 0.6) is 11.6 Å². The second-order valence-electron chi connectivity index (χ2n) is 3.46. The van der Waals surface area contributed by atoms with Crippen molar-refractivity contribution in [1.29, 1.82) is 0 Å². The molecule has 0 bridgehead atoms. The maximum Gasteiger partial charge on any atom is 0.307 e. The van der Waals surface area contributed by atoms with E-state index in [4.69, 9.17) is 21.4 Å². The quantitative estimate of drug-likeness (QED) is 0.919. The summed E-state index contributed by atoms with van der Waals surface area (Å²) < 4.78 is 5.47. The average Bonchev–Trinajstić information content (AvgIpc) is 2.31. The van der Waals surface area contributed by atoms with Crippen LogP contribution in [0.25, 0.3) is 0 Å². The monoisotopic (exact) mass is 264 g/mol.